The largest absolute Gasteiger partial charge is 0.375 e. The SMILES string of the molecule is CCC1(CC)CC(NCc2c(Br)c(C)nn2C)CCO1. The summed E-state index contributed by atoms with van der Waals surface area (Å²) in [5.41, 5.74) is 2.34. The summed E-state index contributed by atoms with van der Waals surface area (Å²) < 4.78 is 9.11. The van der Waals surface area contributed by atoms with Gasteiger partial charge in [0.1, 0.15) is 0 Å². The fraction of sp³-hybridized carbons (Fsp3) is 0.800. The van der Waals surface area contributed by atoms with Crippen LogP contribution in [0.2, 0.25) is 0 Å². The van der Waals surface area contributed by atoms with Crippen molar-refractivity contribution in [3.05, 3.63) is 15.9 Å². The Kier molecular flexibility index (Phi) is 5.26. The molecule has 20 heavy (non-hydrogen) atoms. The third-order valence-electron chi connectivity index (χ3n) is 4.60. The van der Waals surface area contributed by atoms with Crippen LogP contribution in [0.1, 0.15) is 50.9 Å². The second-order valence-electron chi connectivity index (χ2n) is 5.78. The van der Waals surface area contributed by atoms with Crippen molar-refractivity contribution in [2.24, 2.45) is 7.05 Å². The summed E-state index contributed by atoms with van der Waals surface area (Å²) in [6.45, 7) is 8.21. The molecule has 1 aliphatic heterocycles. The molecule has 1 aromatic heterocycles. The predicted octanol–water partition coefficient (Wildman–Crippen LogP) is 3.32. The first-order chi connectivity index (χ1) is 9.51. The van der Waals surface area contributed by atoms with Gasteiger partial charge in [0.05, 0.1) is 21.5 Å². The summed E-state index contributed by atoms with van der Waals surface area (Å²) in [5, 5.41) is 8.13. The molecule has 1 aromatic rings. The van der Waals surface area contributed by atoms with Crippen LogP contribution in [-0.2, 0) is 18.3 Å². The molecule has 1 unspecified atom stereocenters. The van der Waals surface area contributed by atoms with Gasteiger partial charge in [-0.3, -0.25) is 4.68 Å². The lowest BCUT2D eigenvalue weighted by atomic mass is 9.86. The average Bonchev–Trinajstić information content (AvgIpc) is 2.70. The molecule has 5 heteroatoms. The van der Waals surface area contributed by atoms with Gasteiger partial charge < -0.3 is 10.1 Å². The van der Waals surface area contributed by atoms with Gasteiger partial charge >= 0.3 is 0 Å². The normalized spacial score (nSPS) is 22.1. The number of nitrogens with zero attached hydrogens (tertiary/aromatic N) is 2. The Bertz CT molecular complexity index is 454. The first-order valence-electron chi connectivity index (χ1n) is 7.56. The lowest BCUT2D eigenvalue weighted by Crippen LogP contribution is -2.46. The summed E-state index contributed by atoms with van der Waals surface area (Å²) in [4.78, 5) is 0. The van der Waals surface area contributed by atoms with Gasteiger partial charge in [-0.15, -0.1) is 0 Å². The zero-order valence-electron chi connectivity index (χ0n) is 13.0. The molecule has 1 atom stereocenters. The number of hydrogen-bond acceptors (Lipinski definition) is 3. The maximum Gasteiger partial charge on any atom is 0.0739 e. The van der Waals surface area contributed by atoms with Crippen LogP contribution in [0.25, 0.3) is 0 Å². The Morgan fingerprint density at radius 1 is 1.45 bits per heavy atom. The Labute approximate surface area is 130 Å². The van der Waals surface area contributed by atoms with Crippen molar-refractivity contribution < 1.29 is 4.74 Å². The quantitative estimate of drug-likeness (QED) is 0.891. The Morgan fingerprint density at radius 3 is 2.70 bits per heavy atom. The molecule has 2 heterocycles. The van der Waals surface area contributed by atoms with Crippen LogP contribution in [0.4, 0.5) is 0 Å². The molecule has 1 fully saturated rings. The van der Waals surface area contributed by atoms with E-state index < -0.39 is 0 Å². The molecule has 0 radical (unpaired) electrons. The van der Waals surface area contributed by atoms with Crippen LogP contribution >= 0.6 is 15.9 Å². The van der Waals surface area contributed by atoms with E-state index in [1.165, 1.54) is 5.69 Å². The maximum atomic E-state index is 6.03. The number of hydrogen-bond donors (Lipinski definition) is 1. The van der Waals surface area contributed by atoms with Crippen molar-refractivity contribution >= 4 is 15.9 Å². The van der Waals surface area contributed by atoms with Gasteiger partial charge in [-0.25, -0.2) is 0 Å². The minimum Gasteiger partial charge on any atom is -0.375 e. The molecule has 2 rings (SSSR count). The van der Waals surface area contributed by atoms with Crippen molar-refractivity contribution in [1.29, 1.82) is 0 Å². The van der Waals surface area contributed by atoms with Gasteiger partial charge in [-0.1, -0.05) is 13.8 Å². The molecule has 1 aliphatic rings. The van der Waals surface area contributed by atoms with Crippen molar-refractivity contribution in [3.63, 3.8) is 0 Å². The molecule has 0 saturated carbocycles. The van der Waals surface area contributed by atoms with E-state index in [0.29, 0.717) is 6.04 Å². The molecule has 0 amide bonds. The fourth-order valence-corrected chi connectivity index (χ4v) is 3.53. The first kappa shape index (κ1) is 16.0. The number of rotatable bonds is 5. The highest BCUT2D eigenvalue weighted by atomic mass is 79.9. The molecular formula is C15H26BrN3O. The maximum absolute atomic E-state index is 6.03. The summed E-state index contributed by atoms with van der Waals surface area (Å²) in [5.74, 6) is 0. The molecule has 0 aromatic carbocycles. The first-order valence-corrected chi connectivity index (χ1v) is 8.36. The second kappa shape index (κ2) is 6.58. The molecule has 0 aliphatic carbocycles. The standard InChI is InChI=1S/C15H26BrN3O/c1-5-15(6-2)9-12(7-8-20-15)17-10-13-14(16)11(3)18-19(13)4/h12,17H,5-10H2,1-4H3. The lowest BCUT2D eigenvalue weighted by molar-refractivity contribution is -0.0932. The molecule has 1 N–H and O–H groups in total. The van der Waals surface area contributed by atoms with Crippen molar-refractivity contribution in [2.75, 3.05) is 6.61 Å². The minimum atomic E-state index is 0.0789. The van der Waals surface area contributed by atoms with E-state index in [9.17, 15) is 0 Å². The van der Waals surface area contributed by atoms with Crippen molar-refractivity contribution in [3.8, 4) is 0 Å². The summed E-state index contributed by atoms with van der Waals surface area (Å²) >= 11 is 3.63. The minimum absolute atomic E-state index is 0.0789. The summed E-state index contributed by atoms with van der Waals surface area (Å²) in [6, 6.07) is 0.533. The van der Waals surface area contributed by atoms with E-state index in [4.69, 9.17) is 4.74 Å². The van der Waals surface area contributed by atoms with Crippen LogP contribution < -0.4 is 5.32 Å². The Balaban J connectivity index is 1.97. The number of aryl methyl sites for hydroxylation is 2. The molecule has 0 spiro atoms. The van der Waals surface area contributed by atoms with E-state index in [2.05, 4.69) is 40.2 Å². The summed E-state index contributed by atoms with van der Waals surface area (Å²) in [6.07, 6.45) is 4.39. The third-order valence-corrected chi connectivity index (χ3v) is 5.63. The van der Waals surface area contributed by atoms with Gasteiger partial charge in [0.25, 0.3) is 0 Å². The zero-order chi connectivity index (χ0) is 14.8. The van der Waals surface area contributed by atoms with E-state index in [0.717, 1.165) is 49.0 Å². The second-order valence-corrected chi connectivity index (χ2v) is 6.57. The molecule has 114 valence electrons. The van der Waals surface area contributed by atoms with Crippen LogP contribution in [0.5, 0.6) is 0 Å². The fourth-order valence-electron chi connectivity index (χ4n) is 3.06. The third kappa shape index (κ3) is 3.26. The van der Waals surface area contributed by atoms with Gasteiger partial charge in [-0.05, 0) is 48.5 Å². The number of halogens is 1. The van der Waals surface area contributed by atoms with E-state index in [1.54, 1.807) is 0 Å². The predicted molar refractivity (Wildman–Crippen MR) is 84.8 cm³/mol. The van der Waals surface area contributed by atoms with Gasteiger partial charge in [0.15, 0.2) is 0 Å². The van der Waals surface area contributed by atoms with Gasteiger partial charge in [0, 0.05) is 26.2 Å². The lowest BCUT2D eigenvalue weighted by Gasteiger charge is -2.40. The van der Waals surface area contributed by atoms with Crippen LogP contribution in [0.15, 0.2) is 4.47 Å². The van der Waals surface area contributed by atoms with Crippen LogP contribution in [-0.4, -0.2) is 28.0 Å². The average molecular weight is 344 g/mol. The molecule has 1 saturated heterocycles. The highest BCUT2D eigenvalue weighted by molar-refractivity contribution is 9.10. The molecular weight excluding hydrogens is 318 g/mol. The van der Waals surface area contributed by atoms with Crippen LogP contribution in [0, 0.1) is 6.92 Å². The van der Waals surface area contributed by atoms with Gasteiger partial charge in [-0.2, -0.15) is 5.10 Å². The Morgan fingerprint density at radius 2 is 2.15 bits per heavy atom. The zero-order valence-corrected chi connectivity index (χ0v) is 14.6. The monoisotopic (exact) mass is 343 g/mol. The number of nitrogens with one attached hydrogen (secondary N) is 1. The Hall–Kier alpha value is -0.390. The molecule has 4 nitrogen and oxygen atoms in total. The van der Waals surface area contributed by atoms with E-state index in [-0.39, 0.29) is 5.60 Å². The highest BCUT2D eigenvalue weighted by Gasteiger charge is 2.34. The number of ether oxygens (including phenoxy) is 1. The van der Waals surface area contributed by atoms with Crippen molar-refractivity contribution in [2.45, 2.75) is 64.6 Å². The van der Waals surface area contributed by atoms with E-state index >= 15 is 0 Å². The van der Waals surface area contributed by atoms with E-state index in [1.807, 2.05) is 18.7 Å². The van der Waals surface area contributed by atoms with Crippen molar-refractivity contribution in [1.82, 2.24) is 15.1 Å². The number of aromatic nitrogens is 2. The molecule has 0 bridgehead atoms. The summed E-state index contributed by atoms with van der Waals surface area (Å²) in [7, 11) is 2.00. The smallest absolute Gasteiger partial charge is 0.0739 e. The van der Waals surface area contributed by atoms with Gasteiger partial charge in [0.2, 0.25) is 0 Å². The topological polar surface area (TPSA) is 39.1 Å². The highest BCUT2D eigenvalue weighted by Crippen LogP contribution is 2.31. The van der Waals surface area contributed by atoms with Crippen LogP contribution in [0.3, 0.4) is 0 Å².